The van der Waals surface area contributed by atoms with E-state index >= 15 is 0 Å². The van der Waals surface area contributed by atoms with Crippen molar-refractivity contribution in [3.8, 4) is 0 Å². The third-order valence-corrected chi connectivity index (χ3v) is 2.07. The van der Waals surface area contributed by atoms with Crippen LogP contribution >= 0.6 is 0 Å². The molecular weight excluding hydrogens is 164 g/mol. The summed E-state index contributed by atoms with van der Waals surface area (Å²) in [4.78, 5) is 0. The molecule has 4 heteroatoms. The second kappa shape index (κ2) is 5.72. The molecule has 1 unspecified atom stereocenters. The summed E-state index contributed by atoms with van der Waals surface area (Å²) in [5, 5.41) is 10.2. The first-order valence-electron chi connectivity index (χ1n) is 4.77. The van der Waals surface area contributed by atoms with Gasteiger partial charge in [-0.2, -0.15) is 5.10 Å². The molecule has 13 heavy (non-hydrogen) atoms. The molecule has 0 spiro atoms. The molecule has 1 aromatic heterocycles. The molecule has 0 aliphatic heterocycles. The Kier molecular flexibility index (Phi) is 4.49. The summed E-state index contributed by atoms with van der Waals surface area (Å²) in [5.41, 5.74) is 6.53. The van der Waals surface area contributed by atoms with Gasteiger partial charge in [-0.3, -0.25) is 5.10 Å². The van der Waals surface area contributed by atoms with Gasteiger partial charge in [-0.05, 0) is 38.9 Å². The van der Waals surface area contributed by atoms with Crippen LogP contribution in [0.5, 0.6) is 0 Å². The van der Waals surface area contributed by atoms with Crippen LogP contribution in [0.4, 0.5) is 0 Å². The smallest absolute Gasteiger partial charge is 0.0518 e. The highest BCUT2D eigenvalue weighted by molar-refractivity contribution is 5.02. The van der Waals surface area contributed by atoms with E-state index in [1.807, 2.05) is 6.07 Å². The van der Waals surface area contributed by atoms with Crippen LogP contribution in [0, 0.1) is 0 Å². The summed E-state index contributed by atoms with van der Waals surface area (Å²) in [6.45, 7) is 3.91. The molecule has 0 fully saturated rings. The van der Waals surface area contributed by atoms with E-state index in [-0.39, 0.29) is 0 Å². The van der Waals surface area contributed by atoms with Crippen molar-refractivity contribution in [1.82, 2.24) is 15.5 Å². The van der Waals surface area contributed by atoms with Crippen molar-refractivity contribution < 1.29 is 0 Å². The molecule has 0 amide bonds. The number of hydrogen-bond donors (Lipinski definition) is 3. The van der Waals surface area contributed by atoms with E-state index in [1.54, 1.807) is 6.20 Å². The van der Waals surface area contributed by atoms with Gasteiger partial charge in [0.1, 0.15) is 0 Å². The maximum Gasteiger partial charge on any atom is 0.0518 e. The number of aromatic nitrogens is 2. The van der Waals surface area contributed by atoms with Gasteiger partial charge in [0.15, 0.2) is 0 Å². The Hall–Kier alpha value is -0.870. The fourth-order valence-electron chi connectivity index (χ4n) is 1.21. The second-order valence-corrected chi connectivity index (χ2v) is 3.18. The van der Waals surface area contributed by atoms with Gasteiger partial charge < -0.3 is 11.1 Å². The highest BCUT2D eigenvalue weighted by Gasteiger charge is 2.03. The average molecular weight is 182 g/mol. The monoisotopic (exact) mass is 182 g/mol. The molecule has 1 rings (SSSR count). The Morgan fingerprint density at radius 1 is 1.62 bits per heavy atom. The van der Waals surface area contributed by atoms with Crippen LogP contribution in [-0.4, -0.2) is 23.3 Å². The van der Waals surface area contributed by atoms with Gasteiger partial charge in [0.05, 0.1) is 5.69 Å². The SMILES string of the molecule is CC(NCCCCN)c1ccn[nH]1. The maximum absolute atomic E-state index is 5.40. The largest absolute Gasteiger partial charge is 0.330 e. The molecule has 1 atom stereocenters. The predicted octanol–water partition coefficient (Wildman–Crippen LogP) is 0.799. The molecule has 4 N–H and O–H groups in total. The zero-order valence-electron chi connectivity index (χ0n) is 8.09. The van der Waals surface area contributed by atoms with E-state index in [1.165, 1.54) is 0 Å². The van der Waals surface area contributed by atoms with Crippen molar-refractivity contribution in [1.29, 1.82) is 0 Å². The quantitative estimate of drug-likeness (QED) is 0.570. The molecule has 0 bridgehead atoms. The second-order valence-electron chi connectivity index (χ2n) is 3.18. The highest BCUT2D eigenvalue weighted by Crippen LogP contribution is 2.06. The molecule has 0 saturated carbocycles. The molecule has 1 aromatic rings. The lowest BCUT2D eigenvalue weighted by atomic mass is 10.2. The van der Waals surface area contributed by atoms with Crippen molar-refractivity contribution in [2.75, 3.05) is 13.1 Å². The standard InChI is InChI=1S/C9H18N4/c1-8(9-4-7-12-13-9)11-6-3-2-5-10/h4,7-8,11H,2-3,5-6,10H2,1H3,(H,12,13). The first kappa shape index (κ1) is 10.2. The normalized spacial score (nSPS) is 13.1. The molecule has 0 aliphatic rings. The third kappa shape index (κ3) is 3.57. The Morgan fingerprint density at radius 3 is 3.08 bits per heavy atom. The molecule has 0 saturated heterocycles. The van der Waals surface area contributed by atoms with Gasteiger partial charge in [0, 0.05) is 12.2 Å². The first-order valence-corrected chi connectivity index (χ1v) is 4.77. The Bertz CT molecular complexity index is 207. The predicted molar refractivity (Wildman–Crippen MR) is 53.3 cm³/mol. The molecular formula is C9H18N4. The average Bonchev–Trinajstić information content (AvgIpc) is 2.65. The van der Waals surface area contributed by atoms with Crippen molar-refractivity contribution in [2.24, 2.45) is 5.73 Å². The fraction of sp³-hybridized carbons (Fsp3) is 0.667. The lowest BCUT2D eigenvalue weighted by Gasteiger charge is -2.10. The summed E-state index contributed by atoms with van der Waals surface area (Å²) in [6, 6.07) is 2.33. The van der Waals surface area contributed by atoms with Crippen molar-refractivity contribution in [2.45, 2.75) is 25.8 Å². The van der Waals surface area contributed by atoms with Crippen LogP contribution in [0.3, 0.4) is 0 Å². The zero-order valence-corrected chi connectivity index (χ0v) is 8.09. The van der Waals surface area contributed by atoms with Crippen LogP contribution in [-0.2, 0) is 0 Å². The van der Waals surface area contributed by atoms with E-state index < -0.39 is 0 Å². The van der Waals surface area contributed by atoms with Gasteiger partial charge in [-0.1, -0.05) is 0 Å². The van der Waals surface area contributed by atoms with Crippen molar-refractivity contribution in [3.63, 3.8) is 0 Å². The van der Waals surface area contributed by atoms with Crippen molar-refractivity contribution in [3.05, 3.63) is 18.0 Å². The van der Waals surface area contributed by atoms with Crippen molar-refractivity contribution >= 4 is 0 Å². The Labute approximate surface area is 78.9 Å². The van der Waals surface area contributed by atoms with Gasteiger partial charge in [0.2, 0.25) is 0 Å². The van der Waals surface area contributed by atoms with E-state index in [0.29, 0.717) is 6.04 Å². The Morgan fingerprint density at radius 2 is 2.46 bits per heavy atom. The van der Waals surface area contributed by atoms with E-state index in [2.05, 4.69) is 22.4 Å². The number of nitrogens with zero attached hydrogens (tertiary/aromatic N) is 1. The maximum atomic E-state index is 5.40. The summed E-state index contributed by atoms with van der Waals surface area (Å²) in [7, 11) is 0. The molecule has 4 nitrogen and oxygen atoms in total. The summed E-state index contributed by atoms with van der Waals surface area (Å²) < 4.78 is 0. The summed E-state index contributed by atoms with van der Waals surface area (Å²) >= 11 is 0. The minimum absolute atomic E-state index is 0.347. The van der Waals surface area contributed by atoms with E-state index in [0.717, 1.165) is 31.6 Å². The van der Waals surface area contributed by atoms with Crippen LogP contribution in [0.25, 0.3) is 0 Å². The summed E-state index contributed by atoms with van der Waals surface area (Å²) in [6.07, 6.45) is 3.99. The number of H-pyrrole nitrogens is 1. The molecule has 0 aromatic carbocycles. The number of nitrogens with two attached hydrogens (primary N) is 1. The minimum atomic E-state index is 0.347. The summed E-state index contributed by atoms with van der Waals surface area (Å²) in [5.74, 6) is 0. The van der Waals surface area contributed by atoms with Crippen LogP contribution in [0.2, 0.25) is 0 Å². The molecule has 1 heterocycles. The van der Waals surface area contributed by atoms with Gasteiger partial charge in [-0.15, -0.1) is 0 Å². The number of nitrogens with one attached hydrogen (secondary N) is 2. The number of aromatic amines is 1. The third-order valence-electron chi connectivity index (χ3n) is 2.07. The molecule has 0 radical (unpaired) electrons. The number of unbranched alkanes of at least 4 members (excludes halogenated alkanes) is 1. The van der Waals surface area contributed by atoms with Gasteiger partial charge in [0.25, 0.3) is 0 Å². The fourth-order valence-corrected chi connectivity index (χ4v) is 1.21. The Balaban J connectivity index is 2.15. The van der Waals surface area contributed by atoms with Crippen LogP contribution in [0.15, 0.2) is 12.3 Å². The minimum Gasteiger partial charge on any atom is -0.330 e. The number of hydrogen-bond acceptors (Lipinski definition) is 3. The topological polar surface area (TPSA) is 66.7 Å². The lowest BCUT2D eigenvalue weighted by Crippen LogP contribution is -2.20. The van der Waals surface area contributed by atoms with Gasteiger partial charge in [-0.25, -0.2) is 0 Å². The lowest BCUT2D eigenvalue weighted by molar-refractivity contribution is 0.538. The molecule has 74 valence electrons. The highest BCUT2D eigenvalue weighted by atomic mass is 15.1. The van der Waals surface area contributed by atoms with Crippen LogP contribution in [0.1, 0.15) is 31.5 Å². The van der Waals surface area contributed by atoms with E-state index in [9.17, 15) is 0 Å². The van der Waals surface area contributed by atoms with Crippen LogP contribution < -0.4 is 11.1 Å². The zero-order chi connectivity index (χ0) is 9.52. The van der Waals surface area contributed by atoms with Gasteiger partial charge >= 0.3 is 0 Å². The number of rotatable bonds is 6. The van der Waals surface area contributed by atoms with E-state index in [4.69, 9.17) is 5.73 Å². The first-order chi connectivity index (χ1) is 6.34. The molecule has 0 aliphatic carbocycles.